The van der Waals surface area contributed by atoms with Crippen molar-refractivity contribution in [2.24, 2.45) is 0 Å². The monoisotopic (exact) mass is 501 g/mol. The lowest BCUT2D eigenvalue weighted by molar-refractivity contribution is 0.448. The van der Waals surface area contributed by atoms with Crippen molar-refractivity contribution >= 4 is 17.3 Å². The molecule has 0 amide bonds. The van der Waals surface area contributed by atoms with Gasteiger partial charge >= 0.3 is 0 Å². The first-order chi connectivity index (χ1) is 17.4. The number of imidazole rings is 1. The molecule has 0 atom stereocenters. The van der Waals surface area contributed by atoms with Gasteiger partial charge in [0.15, 0.2) is 0 Å². The van der Waals surface area contributed by atoms with E-state index < -0.39 is 0 Å². The van der Waals surface area contributed by atoms with Gasteiger partial charge in [-0.05, 0) is 54.8 Å². The summed E-state index contributed by atoms with van der Waals surface area (Å²) in [5, 5.41) is 14.1. The van der Waals surface area contributed by atoms with Crippen LogP contribution < -0.4 is 10.2 Å². The maximum Gasteiger partial charge on any atom is 0.134 e. The summed E-state index contributed by atoms with van der Waals surface area (Å²) in [6, 6.07) is 18.0. The lowest BCUT2D eigenvalue weighted by Gasteiger charge is -2.23. The number of aromatic hydroxyl groups is 1. The van der Waals surface area contributed by atoms with Crippen LogP contribution in [0.25, 0.3) is 22.5 Å². The average Bonchev–Trinajstić information content (AvgIpc) is 3.58. The number of anilines is 1. The first-order valence-corrected chi connectivity index (χ1v) is 12.8. The molecule has 1 fully saturated rings. The van der Waals surface area contributed by atoms with Gasteiger partial charge < -0.3 is 20.3 Å². The van der Waals surface area contributed by atoms with Crippen LogP contribution in [-0.4, -0.2) is 39.7 Å². The third-order valence-corrected chi connectivity index (χ3v) is 7.16. The molecular formula is C29H32ClN5O. The molecule has 6 nitrogen and oxygen atoms in total. The van der Waals surface area contributed by atoms with Crippen LogP contribution in [0.2, 0.25) is 5.02 Å². The van der Waals surface area contributed by atoms with Gasteiger partial charge in [0.25, 0.3) is 0 Å². The Morgan fingerprint density at radius 3 is 2.42 bits per heavy atom. The molecule has 2 aromatic carbocycles. The molecule has 3 N–H and O–H groups in total. The van der Waals surface area contributed by atoms with Gasteiger partial charge in [0, 0.05) is 60.8 Å². The van der Waals surface area contributed by atoms with Crippen LogP contribution in [0, 0.1) is 0 Å². The maximum absolute atomic E-state index is 10.2. The Labute approximate surface area is 217 Å². The SMILES string of the molecule is CC(C)(CNCc1ccc(N2CCCC2)cc1)c1nc(-c2ccc(Cl)c(O)c2)c(-c2ccncc2)[nH]1. The van der Waals surface area contributed by atoms with E-state index in [1.54, 1.807) is 24.5 Å². The zero-order valence-electron chi connectivity index (χ0n) is 20.8. The number of phenols is 1. The molecule has 186 valence electrons. The van der Waals surface area contributed by atoms with E-state index in [0.29, 0.717) is 5.02 Å². The van der Waals surface area contributed by atoms with E-state index >= 15 is 0 Å². The number of rotatable bonds is 8. The number of hydrogen-bond donors (Lipinski definition) is 3. The zero-order chi connectivity index (χ0) is 25.1. The molecule has 0 aliphatic carbocycles. The largest absolute Gasteiger partial charge is 0.506 e. The quantitative estimate of drug-likeness (QED) is 0.269. The normalized spacial score (nSPS) is 13.9. The highest BCUT2D eigenvalue weighted by Crippen LogP contribution is 2.36. The number of aromatic amines is 1. The number of hydrogen-bond acceptors (Lipinski definition) is 5. The molecule has 36 heavy (non-hydrogen) atoms. The summed E-state index contributed by atoms with van der Waals surface area (Å²) >= 11 is 6.05. The first kappa shape index (κ1) is 24.3. The van der Waals surface area contributed by atoms with E-state index in [-0.39, 0.29) is 11.2 Å². The van der Waals surface area contributed by atoms with E-state index in [1.165, 1.54) is 24.1 Å². The highest BCUT2D eigenvalue weighted by molar-refractivity contribution is 6.32. The molecule has 3 heterocycles. The van der Waals surface area contributed by atoms with E-state index in [1.807, 2.05) is 18.2 Å². The van der Waals surface area contributed by atoms with Crippen molar-refractivity contribution in [1.82, 2.24) is 20.3 Å². The molecular weight excluding hydrogens is 470 g/mol. The maximum atomic E-state index is 10.2. The standard InChI is InChI=1S/C29H32ClN5O/c1-29(2,19-32-18-20-5-8-23(9-6-20)35-15-3-4-16-35)28-33-26(21-11-13-31-14-12-21)27(34-28)22-7-10-24(30)25(36)17-22/h5-14,17,32,36H,3-4,15-16,18-19H2,1-2H3,(H,33,34). The number of aromatic nitrogens is 3. The highest BCUT2D eigenvalue weighted by Gasteiger charge is 2.27. The predicted octanol–water partition coefficient (Wildman–Crippen LogP) is 6.17. The number of nitrogens with zero attached hydrogens (tertiary/aromatic N) is 3. The van der Waals surface area contributed by atoms with E-state index in [4.69, 9.17) is 16.6 Å². The summed E-state index contributed by atoms with van der Waals surface area (Å²) in [7, 11) is 0. The molecule has 0 bridgehead atoms. The first-order valence-electron chi connectivity index (χ1n) is 12.4. The Bertz CT molecular complexity index is 1310. The summed E-state index contributed by atoms with van der Waals surface area (Å²) in [4.78, 5) is 15.2. The molecule has 1 aliphatic rings. The van der Waals surface area contributed by atoms with Gasteiger partial charge in [-0.3, -0.25) is 4.98 Å². The van der Waals surface area contributed by atoms with Crippen molar-refractivity contribution in [3.8, 4) is 28.3 Å². The molecule has 7 heteroatoms. The topological polar surface area (TPSA) is 77.1 Å². The fraction of sp³-hybridized carbons (Fsp3) is 0.310. The average molecular weight is 502 g/mol. The van der Waals surface area contributed by atoms with E-state index in [9.17, 15) is 5.11 Å². The number of nitrogens with one attached hydrogen (secondary N) is 2. The minimum atomic E-state index is -0.260. The van der Waals surface area contributed by atoms with Crippen molar-refractivity contribution in [2.75, 3.05) is 24.5 Å². The molecule has 0 spiro atoms. The minimum absolute atomic E-state index is 0.0380. The van der Waals surface area contributed by atoms with Crippen LogP contribution in [0.15, 0.2) is 67.0 Å². The number of phenolic OH excluding ortho intramolecular Hbond substituents is 1. The molecule has 4 aromatic rings. The summed E-state index contributed by atoms with van der Waals surface area (Å²) in [6.45, 7) is 8.21. The fourth-order valence-corrected chi connectivity index (χ4v) is 4.81. The second kappa shape index (κ2) is 10.3. The van der Waals surface area contributed by atoms with Gasteiger partial charge in [-0.15, -0.1) is 0 Å². The Morgan fingerprint density at radius 2 is 1.72 bits per heavy atom. The predicted molar refractivity (Wildman–Crippen MR) is 147 cm³/mol. The van der Waals surface area contributed by atoms with E-state index in [2.05, 4.69) is 58.3 Å². The van der Waals surface area contributed by atoms with Crippen LogP contribution in [-0.2, 0) is 12.0 Å². The molecule has 2 aromatic heterocycles. The molecule has 0 radical (unpaired) electrons. The van der Waals surface area contributed by atoms with Crippen molar-refractivity contribution in [3.63, 3.8) is 0 Å². The second-order valence-corrected chi connectivity index (χ2v) is 10.5. The number of H-pyrrole nitrogens is 1. The molecule has 1 saturated heterocycles. The Kier molecular flexibility index (Phi) is 6.99. The Hall–Kier alpha value is -3.35. The lowest BCUT2D eigenvalue weighted by atomic mass is 9.92. The third-order valence-electron chi connectivity index (χ3n) is 6.84. The fourth-order valence-electron chi connectivity index (χ4n) is 4.69. The van der Waals surface area contributed by atoms with Crippen LogP contribution in [0.4, 0.5) is 5.69 Å². The van der Waals surface area contributed by atoms with Crippen LogP contribution in [0.3, 0.4) is 0 Å². The zero-order valence-corrected chi connectivity index (χ0v) is 21.5. The number of halogens is 1. The Balaban J connectivity index is 1.34. The van der Waals surface area contributed by atoms with Gasteiger partial charge in [0.2, 0.25) is 0 Å². The second-order valence-electron chi connectivity index (χ2n) is 10.1. The van der Waals surface area contributed by atoms with Crippen molar-refractivity contribution < 1.29 is 5.11 Å². The van der Waals surface area contributed by atoms with Crippen molar-refractivity contribution in [1.29, 1.82) is 0 Å². The van der Waals surface area contributed by atoms with Gasteiger partial charge in [-0.25, -0.2) is 4.98 Å². The summed E-state index contributed by atoms with van der Waals surface area (Å²) in [6.07, 6.45) is 6.10. The molecule has 1 aliphatic heterocycles. The highest BCUT2D eigenvalue weighted by atomic mass is 35.5. The Morgan fingerprint density at radius 1 is 1.00 bits per heavy atom. The summed E-state index contributed by atoms with van der Waals surface area (Å²) in [5.74, 6) is 0.909. The van der Waals surface area contributed by atoms with Crippen molar-refractivity contribution in [2.45, 2.75) is 38.6 Å². The van der Waals surface area contributed by atoms with Crippen LogP contribution in [0.5, 0.6) is 5.75 Å². The molecule has 0 saturated carbocycles. The van der Waals surface area contributed by atoms with Crippen molar-refractivity contribution in [3.05, 3.63) is 83.4 Å². The smallest absolute Gasteiger partial charge is 0.134 e. The van der Waals surface area contributed by atoms with E-state index in [0.717, 1.165) is 54.5 Å². The minimum Gasteiger partial charge on any atom is -0.506 e. The number of pyridine rings is 1. The third kappa shape index (κ3) is 5.25. The lowest BCUT2D eigenvalue weighted by Crippen LogP contribution is -2.33. The van der Waals surface area contributed by atoms with Gasteiger partial charge in [0.1, 0.15) is 11.6 Å². The van der Waals surface area contributed by atoms with Crippen LogP contribution >= 0.6 is 11.6 Å². The van der Waals surface area contributed by atoms with Gasteiger partial charge in [0.05, 0.1) is 16.4 Å². The molecule has 0 unspecified atom stereocenters. The molecule has 5 rings (SSSR count). The summed E-state index contributed by atoms with van der Waals surface area (Å²) in [5.41, 5.74) is 5.76. The van der Waals surface area contributed by atoms with Crippen LogP contribution in [0.1, 0.15) is 38.1 Å². The van der Waals surface area contributed by atoms with Gasteiger partial charge in [-0.2, -0.15) is 0 Å². The summed E-state index contributed by atoms with van der Waals surface area (Å²) < 4.78 is 0. The number of benzene rings is 2. The van der Waals surface area contributed by atoms with Gasteiger partial charge in [-0.1, -0.05) is 43.6 Å².